The second-order valence-corrected chi connectivity index (χ2v) is 4.10. The third kappa shape index (κ3) is 1.30. The van der Waals surface area contributed by atoms with Crippen LogP contribution in [0.3, 0.4) is 0 Å². The van der Waals surface area contributed by atoms with Crippen molar-refractivity contribution in [3.63, 3.8) is 0 Å². The van der Waals surface area contributed by atoms with E-state index in [4.69, 9.17) is 4.74 Å². The summed E-state index contributed by atoms with van der Waals surface area (Å²) < 4.78 is 7.99. The fraction of sp³-hybridized carbons (Fsp3) is 0. The van der Waals surface area contributed by atoms with Gasteiger partial charge in [-0.1, -0.05) is 24.3 Å². The molecule has 0 aromatic heterocycles. The third-order valence-electron chi connectivity index (χ3n) is 2.53. The van der Waals surface area contributed by atoms with Crippen LogP contribution >= 0.6 is 9.39 Å². The van der Waals surface area contributed by atoms with Gasteiger partial charge in [-0.15, -0.1) is 0 Å². The van der Waals surface area contributed by atoms with E-state index < -0.39 is 0 Å². The highest BCUT2D eigenvalue weighted by molar-refractivity contribution is 7.20. The Morgan fingerprint density at radius 2 is 1.27 bits per heavy atom. The highest BCUT2D eigenvalue weighted by atomic mass is 31.0. The van der Waals surface area contributed by atoms with Gasteiger partial charge in [0, 0.05) is 0 Å². The van der Waals surface area contributed by atoms with E-state index in [1.54, 1.807) is 0 Å². The molecule has 2 aromatic rings. The molecule has 1 aliphatic rings. The average Bonchev–Trinajstić information content (AvgIpc) is 2.30. The Labute approximate surface area is 90.7 Å². The smallest absolute Gasteiger partial charge is 0.154 e. The molecule has 1 aliphatic heterocycles. The van der Waals surface area contributed by atoms with Crippen LogP contribution in [0.25, 0.3) is 0 Å². The molecule has 0 amide bonds. The summed E-state index contributed by atoms with van der Waals surface area (Å²) in [5, 5.41) is 0. The summed E-state index contributed by atoms with van der Waals surface area (Å²) in [6.45, 7) is 0. The fourth-order valence-electron chi connectivity index (χ4n) is 1.78. The van der Waals surface area contributed by atoms with Crippen LogP contribution in [0.5, 0.6) is 11.5 Å². The SMILES string of the molecule is [PH3+]N1c2ccccc2Oc2ccccc21. The van der Waals surface area contributed by atoms with E-state index in [1.165, 1.54) is 0 Å². The summed E-state index contributed by atoms with van der Waals surface area (Å²) >= 11 is 0. The standard InChI is InChI=1S/C12H10NOP/c15-13-9-5-1-3-7-11(9)14-12-8-4-2-6-10(12)13/h1-8H,15H2/p+1. The molecule has 0 spiro atoms. The zero-order valence-corrected chi connectivity index (χ0v) is 9.60. The predicted molar refractivity (Wildman–Crippen MR) is 66.2 cm³/mol. The number of fused-ring (bicyclic) bond motifs is 2. The molecule has 1 unspecified atom stereocenters. The molecule has 1 atom stereocenters. The molecule has 1 heterocycles. The Balaban J connectivity index is 2.20. The number of hydrogen-bond donors (Lipinski definition) is 0. The average molecular weight is 216 g/mol. The molecule has 74 valence electrons. The van der Waals surface area contributed by atoms with E-state index in [0.29, 0.717) is 0 Å². The Hall–Kier alpha value is -1.53. The molecule has 2 aromatic carbocycles. The Morgan fingerprint density at radius 3 is 1.80 bits per heavy atom. The van der Waals surface area contributed by atoms with E-state index in [2.05, 4.69) is 16.8 Å². The molecular weight excluding hydrogens is 205 g/mol. The van der Waals surface area contributed by atoms with Gasteiger partial charge in [0.2, 0.25) is 0 Å². The normalized spacial score (nSPS) is 12.9. The first-order valence-electron chi connectivity index (χ1n) is 4.83. The first-order valence-corrected chi connectivity index (χ1v) is 5.46. The zero-order valence-electron chi connectivity index (χ0n) is 8.18. The van der Waals surface area contributed by atoms with Gasteiger partial charge in [-0.3, -0.25) is 0 Å². The van der Waals surface area contributed by atoms with Crippen LogP contribution in [0.15, 0.2) is 48.5 Å². The van der Waals surface area contributed by atoms with E-state index >= 15 is 0 Å². The van der Waals surface area contributed by atoms with E-state index in [1.807, 2.05) is 45.8 Å². The number of hydrogen-bond acceptors (Lipinski definition) is 2. The first-order chi connectivity index (χ1) is 7.36. The monoisotopic (exact) mass is 216 g/mol. The molecule has 0 saturated heterocycles. The van der Waals surface area contributed by atoms with Crippen molar-refractivity contribution in [3.8, 4) is 11.5 Å². The van der Waals surface area contributed by atoms with E-state index in [9.17, 15) is 0 Å². The lowest BCUT2D eigenvalue weighted by molar-refractivity contribution is 0.478. The van der Waals surface area contributed by atoms with Gasteiger partial charge in [-0.05, 0) is 24.3 Å². The zero-order chi connectivity index (χ0) is 10.3. The summed E-state index contributed by atoms with van der Waals surface area (Å²) in [6, 6.07) is 16.1. The lowest BCUT2D eigenvalue weighted by Gasteiger charge is -2.25. The quantitative estimate of drug-likeness (QED) is 0.625. The van der Waals surface area contributed by atoms with Crippen molar-refractivity contribution in [1.82, 2.24) is 0 Å². The molecule has 0 fully saturated rings. The molecule has 3 rings (SSSR count). The van der Waals surface area contributed by atoms with Crippen molar-refractivity contribution in [2.24, 2.45) is 0 Å². The van der Waals surface area contributed by atoms with Gasteiger partial charge < -0.3 is 4.74 Å². The van der Waals surface area contributed by atoms with Gasteiger partial charge in [-0.2, -0.15) is 0 Å². The van der Waals surface area contributed by atoms with Gasteiger partial charge in [0.15, 0.2) is 11.5 Å². The molecule has 3 heteroatoms. The first kappa shape index (κ1) is 8.75. The fourth-order valence-corrected chi connectivity index (χ4v) is 2.30. The maximum absolute atomic E-state index is 5.81. The number of benzene rings is 2. The topological polar surface area (TPSA) is 12.5 Å². The lowest BCUT2D eigenvalue weighted by Crippen LogP contribution is -2.08. The van der Waals surface area contributed by atoms with E-state index in [-0.39, 0.29) is 0 Å². The van der Waals surface area contributed by atoms with Crippen LogP contribution in [0.4, 0.5) is 11.4 Å². The molecule has 0 saturated carbocycles. The van der Waals surface area contributed by atoms with Crippen LogP contribution in [-0.4, -0.2) is 0 Å². The minimum absolute atomic E-state index is 0.922. The summed E-state index contributed by atoms with van der Waals surface area (Å²) in [7, 11) is 1.84. The largest absolute Gasteiger partial charge is 0.453 e. The van der Waals surface area contributed by atoms with Crippen molar-refractivity contribution in [2.75, 3.05) is 4.67 Å². The highest BCUT2D eigenvalue weighted by Gasteiger charge is 2.23. The number of anilines is 2. The summed E-state index contributed by atoms with van der Waals surface area (Å²) in [5.74, 6) is 1.84. The number of ether oxygens (including phenoxy) is 1. The van der Waals surface area contributed by atoms with Crippen molar-refractivity contribution in [3.05, 3.63) is 48.5 Å². The van der Waals surface area contributed by atoms with Crippen LogP contribution < -0.4 is 9.41 Å². The van der Waals surface area contributed by atoms with Crippen LogP contribution in [0, 0.1) is 0 Å². The Bertz CT molecular complexity index is 467. The summed E-state index contributed by atoms with van der Waals surface area (Å²) in [6.07, 6.45) is 0. The lowest BCUT2D eigenvalue weighted by atomic mass is 10.2. The molecule has 0 radical (unpaired) electrons. The maximum Gasteiger partial charge on any atom is 0.154 e. The van der Waals surface area contributed by atoms with E-state index in [0.717, 1.165) is 22.9 Å². The molecule has 0 bridgehead atoms. The Kier molecular flexibility index (Phi) is 1.90. The maximum atomic E-state index is 5.81. The van der Waals surface area contributed by atoms with Crippen molar-refractivity contribution in [1.29, 1.82) is 0 Å². The second-order valence-electron chi connectivity index (χ2n) is 3.47. The number of para-hydroxylation sites is 4. The third-order valence-corrected chi connectivity index (χ3v) is 3.21. The molecular formula is C12H11NOP+. The molecule has 0 N–H and O–H groups in total. The predicted octanol–water partition coefficient (Wildman–Crippen LogP) is 3.45. The van der Waals surface area contributed by atoms with Crippen molar-refractivity contribution < 1.29 is 4.74 Å². The summed E-state index contributed by atoms with van der Waals surface area (Å²) in [5.41, 5.74) is 2.24. The van der Waals surface area contributed by atoms with Crippen LogP contribution in [0.2, 0.25) is 0 Å². The van der Waals surface area contributed by atoms with Gasteiger partial charge in [0.1, 0.15) is 11.4 Å². The summed E-state index contributed by atoms with van der Waals surface area (Å²) in [4.78, 5) is 0. The van der Waals surface area contributed by atoms with Crippen LogP contribution in [0.1, 0.15) is 0 Å². The van der Waals surface area contributed by atoms with Crippen molar-refractivity contribution >= 4 is 20.8 Å². The van der Waals surface area contributed by atoms with Gasteiger partial charge in [0.05, 0.1) is 9.39 Å². The number of rotatable bonds is 0. The molecule has 0 aliphatic carbocycles. The molecule has 15 heavy (non-hydrogen) atoms. The second kappa shape index (κ2) is 3.25. The minimum Gasteiger partial charge on any atom is -0.453 e. The van der Waals surface area contributed by atoms with Crippen molar-refractivity contribution in [2.45, 2.75) is 0 Å². The van der Waals surface area contributed by atoms with Gasteiger partial charge in [-0.25, -0.2) is 4.67 Å². The van der Waals surface area contributed by atoms with Gasteiger partial charge >= 0.3 is 0 Å². The van der Waals surface area contributed by atoms with Crippen LogP contribution in [-0.2, 0) is 0 Å². The molecule has 2 nitrogen and oxygen atoms in total. The minimum atomic E-state index is 0.922. The number of nitrogens with zero attached hydrogens (tertiary/aromatic N) is 1. The van der Waals surface area contributed by atoms with Gasteiger partial charge in [0.25, 0.3) is 0 Å². The Morgan fingerprint density at radius 1 is 0.800 bits per heavy atom. The highest BCUT2D eigenvalue weighted by Crippen LogP contribution is 2.47.